The quantitative estimate of drug-likeness (QED) is 0.141. The van der Waals surface area contributed by atoms with E-state index in [1.54, 1.807) is 0 Å². The molecule has 15 nitrogen and oxygen atoms in total. The van der Waals surface area contributed by atoms with Gasteiger partial charge in [-0.05, 0) is 91.0 Å². The van der Waals surface area contributed by atoms with E-state index in [-0.39, 0.29) is 50.6 Å². The maximum atomic E-state index is 12.9. The van der Waals surface area contributed by atoms with Crippen molar-refractivity contribution in [3.63, 3.8) is 0 Å². The van der Waals surface area contributed by atoms with E-state index in [9.17, 15) is 44.1 Å². The summed E-state index contributed by atoms with van der Waals surface area (Å²) in [5, 5.41) is 28.2. The molecule has 0 spiro atoms. The standard InChI is InChI=1S/C30H24N6O9/c37-22-7-1-16(2-8-22)25(40)31-34-28(43)19-13-20(29(44)35-32-26(41)17-3-9-23(38)10-4-17)15-21(14-19)30(45)36-33-27(42)18-5-11-24(39)12-6-18/h1-15,37-39H,(H,31,40)(H,32,41)(H,33,42)(H,34,43)(H,35,44)(H,36,45). The highest BCUT2D eigenvalue weighted by molar-refractivity contribution is 6.06. The zero-order chi connectivity index (χ0) is 32.5. The van der Waals surface area contributed by atoms with E-state index in [0.717, 1.165) is 18.2 Å². The molecular weight excluding hydrogens is 588 g/mol. The summed E-state index contributed by atoms with van der Waals surface area (Å²) < 4.78 is 0. The average Bonchev–Trinajstić information content (AvgIpc) is 3.05. The Bertz CT molecular complexity index is 1550. The summed E-state index contributed by atoms with van der Waals surface area (Å²) in [6.07, 6.45) is 0. The Morgan fingerprint density at radius 3 is 0.689 bits per heavy atom. The summed E-state index contributed by atoms with van der Waals surface area (Å²) in [7, 11) is 0. The summed E-state index contributed by atoms with van der Waals surface area (Å²) in [6.45, 7) is 0. The number of hydrogen-bond acceptors (Lipinski definition) is 9. The fourth-order valence-electron chi connectivity index (χ4n) is 3.63. The number of phenols is 3. The molecule has 4 aromatic rings. The minimum Gasteiger partial charge on any atom is -0.508 e. The third kappa shape index (κ3) is 8.32. The maximum absolute atomic E-state index is 12.9. The molecule has 0 heterocycles. The summed E-state index contributed by atoms with van der Waals surface area (Å²) in [5.74, 6) is -5.23. The molecule has 4 rings (SSSR count). The molecule has 0 aliphatic heterocycles. The van der Waals surface area contributed by atoms with Crippen LogP contribution in [0.3, 0.4) is 0 Å². The van der Waals surface area contributed by atoms with E-state index in [2.05, 4.69) is 32.6 Å². The van der Waals surface area contributed by atoms with Crippen LogP contribution in [-0.4, -0.2) is 50.8 Å². The van der Waals surface area contributed by atoms with Crippen molar-refractivity contribution < 1.29 is 44.1 Å². The highest BCUT2D eigenvalue weighted by atomic mass is 16.3. The number of hydrazine groups is 3. The number of phenolic OH excluding ortho intramolecular Hbond substituents is 3. The van der Waals surface area contributed by atoms with Gasteiger partial charge in [-0.1, -0.05) is 0 Å². The Morgan fingerprint density at radius 2 is 0.489 bits per heavy atom. The number of carbonyl (C=O) groups is 6. The molecule has 4 aromatic carbocycles. The second-order valence-corrected chi connectivity index (χ2v) is 9.16. The van der Waals surface area contributed by atoms with Gasteiger partial charge in [-0.3, -0.25) is 61.3 Å². The van der Waals surface area contributed by atoms with Crippen LogP contribution in [0.5, 0.6) is 17.2 Å². The summed E-state index contributed by atoms with van der Waals surface area (Å²) >= 11 is 0. The van der Waals surface area contributed by atoms with Gasteiger partial charge < -0.3 is 15.3 Å². The maximum Gasteiger partial charge on any atom is 0.269 e. The average molecular weight is 613 g/mol. The van der Waals surface area contributed by atoms with Gasteiger partial charge in [-0.2, -0.15) is 0 Å². The number of amides is 6. The summed E-state index contributed by atoms with van der Waals surface area (Å²) in [5.41, 5.74) is 12.5. The highest BCUT2D eigenvalue weighted by Gasteiger charge is 2.19. The molecule has 0 saturated heterocycles. The fourth-order valence-corrected chi connectivity index (χ4v) is 3.63. The molecule has 0 fully saturated rings. The van der Waals surface area contributed by atoms with Crippen molar-refractivity contribution in [3.05, 3.63) is 124 Å². The van der Waals surface area contributed by atoms with Gasteiger partial charge in [-0.25, -0.2) is 0 Å². The third-order valence-corrected chi connectivity index (χ3v) is 5.98. The molecule has 15 heteroatoms. The molecule has 6 amide bonds. The molecule has 9 N–H and O–H groups in total. The van der Waals surface area contributed by atoms with Crippen LogP contribution in [0.15, 0.2) is 91.0 Å². The van der Waals surface area contributed by atoms with Gasteiger partial charge in [0.15, 0.2) is 0 Å². The molecule has 0 bridgehead atoms. The van der Waals surface area contributed by atoms with Crippen molar-refractivity contribution in [2.24, 2.45) is 0 Å². The molecule has 0 saturated carbocycles. The minimum atomic E-state index is -0.938. The second-order valence-electron chi connectivity index (χ2n) is 9.16. The molecule has 0 radical (unpaired) electrons. The summed E-state index contributed by atoms with van der Waals surface area (Å²) in [4.78, 5) is 75.9. The largest absolute Gasteiger partial charge is 0.508 e. The topological polar surface area (TPSA) is 235 Å². The number of rotatable bonds is 6. The molecule has 0 aliphatic carbocycles. The van der Waals surface area contributed by atoms with Crippen LogP contribution in [0.2, 0.25) is 0 Å². The van der Waals surface area contributed by atoms with Crippen LogP contribution < -0.4 is 32.6 Å². The van der Waals surface area contributed by atoms with Gasteiger partial charge >= 0.3 is 0 Å². The van der Waals surface area contributed by atoms with Crippen LogP contribution in [0.4, 0.5) is 0 Å². The Kier molecular flexibility index (Phi) is 9.55. The van der Waals surface area contributed by atoms with Crippen molar-refractivity contribution in [2.45, 2.75) is 0 Å². The lowest BCUT2D eigenvalue weighted by atomic mass is 10.0. The van der Waals surface area contributed by atoms with E-state index in [1.807, 2.05) is 0 Å². The van der Waals surface area contributed by atoms with Crippen molar-refractivity contribution in [3.8, 4) is 17.2 Å². The van der Waals surface area contributed by atoms with Gasteiger partial charge in [0.1, 0.15) is 17.2 Å². The molecule has 0 atom stereocenters. The number of carbonyl (C=O) groups excluding carboxylic acids is 6. The van der Waals surface area contributed by atoms with E-state index < -0.39 is 35.4 Å². The Hall–Kier alpha value is -6.90. The van der Waals surface area contributed by atoms with Crippen LogP contribution >= 0.6 is 0 Å². The Balaban J connectivity index is 1.51. The number of aromatic hydroxyl groups is 3. The second kappa shape index (κ2) is 13.8. The lowest BCUT2D eigenvalue weighted by molar-refractivity contribution is 0.0838. The Labute approximate surface area is 253 Å². The van der Waals surface area contributed by atoms with Gasteiger partial charge in [0.05, 0.1) is 0 Å². The van der Waals surface area contributed by atoms with Crippen LogP contribution in [0, 0.1) is 0 Å². The first kappa shape index (κ1) is 31.0. The number of benzene rings is 4. The van der Waals surface area contributed by atoms with E-state index in [4.69, 9.17) is 0 Å². The van der Waals surface area contributed by atoms with E-state index in [1.165, 1.54) is 72.8 Å². The Morgan fingerprint density at radius 1 is 0.311 bits per heavy atom. The first-order chi connectivity index (χ1) is 21.5. The first-order valence-corrected chi connectivity index (χ1v) is 12.8. The van der Waals surface area contributed by atoms with Crippen molar-refractivity contribution in [1.29, 1.82) is 0 Å². The van der Waals surface area contributed by atoms with Crippen LogP contribution in [0.1, 0.15) is 62.1 Å². The lowest BCUT2D eigenvalue weighted by Gasteiger charge is -2.13. The molecular formula is C30H24N6O9. The lowest BCUT2D eigenvalue weighted by Crippen LogP contribution is -2.43. The van der Waals surface area contributed by atoms with Gasteiger partial charge in [-0.15, -0.1) is 0 Å². The molecule has 0 aliphatic rings. The van der Waals surface area contributed by atoms with E-state index in [0.29, 0.717) is 0 Å². The molecule has 45 heavy (non-hydrogen) atoms. The smallest absolute Gasteiger partial charge is 0.269 e. The van der Waals surface area contributed by atoms with E-state index >= 15 is 0 Å². The monoisotopic (exact) mass is 612 g/mol. The van der Waals surface area contributed by atoms with Crippen molar-refractivity contribution in [2.75, 3.05) is 0 Å². The summed E-state index contributed by atoms with van der Waals surface area (Å²) in [6, 6.07) is 18.7. The SMILES string of the molecule is O=C(NNC(=O)c1cc(C(=O)NNC(=O)c2ccc(O)cc2)cc(C(=O)NNC(=O)c2ccc(O)cc2)c1)c1ccc(O)cc1. The third-order valence-electron chi connectivity index (χ3n) is 5.98. The fraction of sp³-hybridized carbons (Fsp3) is 0. The molecule has 0 unspecified atom stereocenters. The van der Waals surface area contributed by atoms with Crippen molar-refractivity contribution >= 4 is 35.4 Å². The van der Waals surface area contributed by atoms with Gasteiger partial charge in [0, 0.05) is 33.4 Å². The first-order valence-electron chi connectivity index (χ1n) is 12.8. The van der Waals surface area contributed by atoms with Crippen molar-refractivity contribution in [1.82, 2.24) is 32.6 Å². The van der Waals surface area contributed by atoms with Gasteiger partial charge in [0.2, 0.25) is 0 Å². The minimum absolute atomic E-state index is 0.0741. The highest BCUT2D eigenvalue weighted by Crippen LogP contribution is 2.13. The predicted octanol–water partition coefficient (Wildman–Crippen LogP) is 1.03. The zero-order valence-corrected chi connectivity index (χ0v) is 23.0. The number of hydrogen-bond donors (Lipinski definition) is 9. The predicted molar refractivity (Wildman–Crippen MR) is 156 cm³/mol. The number of nitrogens with one attached hydrogen (secondary N) is 6. The van der Waals surface area contributed by atoms with Crippen LogP contribution in [-0.2, 0) is 0 Å². The molecule has 228 valence electrons. The molecule has 0 aromatic heterocycles. The zero-order valence-electron chi connectivity index (χ0n) is 23.0. The normalized spacial score (nSPS) is 10.1. The van der Waals surface area contributed by atoms with Gasteiger partial charge in [0.25, 0.3) is 35.4 Å². The van der Waals surface area contributed by atoms with Crippen LogP contribution in [0.25, 0.3) is 0 Å².